The van der Waals surface area contributed by atoms with Gasteiger partial charge >= 0.3 is 0 Å². The van der Waals surface area contributed by atoms with Crippen LogP contribution in [0.5, 0.6) is 5.75 Å². The molecule has 2 aromatic carbocycles. The van der Waals surface area contributed by atoms with Gasteiger partial charge < -0.3 is 30.9 Å². The van der Waals surface area contributed by atoms with Crippen LogP contribution in [0.25, 0.3) is 0 Å². The first-order chi connectivity index (χ1) is 19.9. The van der Waals surface area contributed by atoms with Gasteiger partial charge in [-0.3, -0.25) is 14.4 Å². The zero-order valence-corrected chi connectivity index (χ0v) is 23.1. The van der Waals surface area contributed by atoms with E-state index in [2.05, 4.69) is 20.5 Å². The lowest BCUT2D eigenvalue weighted by Crippen LogP contribution is -2.41. The van der Waals surface area contributed by atoms with Gasteiger partial charge in [0.2, 0.25) is 5.91 Å². The largest absolute Gasteiger partial charge is 0.497 e. The average molecular weight is 558 g/mol. The molecule has 2 saturated heterocycles. The summed E-state index contributed by atoms with van der Waals surface area (Å²) in [6, 6.07) is 14.5. The van der Waals surface area contributed by atoms with E-state index in [1.54, 1.807) is 42.5 Å². The van der Waals surface area contributed by atoms with Crippen molar-refractivity contribution in [2.75, 3.05) is 48.4 Å². The van der Waals surface area contributed by atoms with Crippen molar-refractivity contribution >= 4 is 40.7 Å². The van der Waals surface area contributed by atoms with Crippen LogP contribution in [0.2, 0.25) is 0 Å². The molecule has 2 fully saturated rings. The minimum Gasteiger partial charge on any atom is -0.497 e. The van der Waals surface area contributed by atoms with Crippen LogP contribution in [0, 0.1) is 5.92 Å². The number of nitrogens with two attached hydrogens (primary N) is 1. The molecule has 11 nitrogen and oxygen atoms in total. The van der Waals surface area contributed by atoms with Crippen molar-refractivity contribution in [3.8, 4) is 5.75 Å². The van der Waals surface area contributed by atoms with Crippen molar-refractivity contribution in [1.82, 2.24) is 15.3 Å². The Morgan fingerprint density at radius 2 is 1.83 bits per heavy atom. The van der Waals surface area contributed by atoms with Crippen LogP contribution in [0.3, 0.4) is 0 Å². The van der Waals surface area contributed by atoms with E-state index in [1.165, 1.54) is 0 Å². The Balaban J connectivity index is 1.24. The molecule has 3 aromatic rings. The van der Waals surface area contributed by atoms with Crippen molar-refractivity contribution < 1.29 is 19.1 Å². The molecule has 0 aliphatic carbocycles. The average Bonchev–Trinajstić information content (AvgIpc) is 3.00. The number of primary amides is 1. The Labute approximate surface area is 239 Å². The van der Waals surface area contributed by atoms with E-state index in [0.717, 1.165) is 37.9 Å². The molecular weight excluding hydrogens is 522 g/mol. The Kier molecular flexibility index (Phi) is 8.61. The third-order valence-corrected chi connectivity index (χ3v) is 7.50. The van der Waals surface area contributed by atoms with Gasteiger partial charge in [0.1, 0.15) is 11.6 Å². The first-order valence-electron chi connectivity index (χ1n) is 13.9. The lowest BCUT2D eigenvalue weighted by molar-refractivity contribution is -0.119. The van der Waals surface area contributed by atoms with Crippen LogP contribution in [0.1, 0.15) is 53.0 Å². The highest BCUT2D eigenvalue weighted by atomic mass is 16.5. The van der Waals surface area contributed by atoms with E-state index in [4.69, 9.17) is 15.5 Å². The van der Waals surface area contributed by atoms with E-state index in [1.807, 2.05) is 24.3 Å². The molecule has 5 rings (SSSR count). The van der Waals surface area contributed by atoms with Crippen LogP contribution in [-0.2, 0) is 4.79 Å². The van der Waals surface area contributed by atoms with E-state index in [9.17, 15) is 14.4 Å². The summed E-state index contributed by atoms with van der Waals surface area (Å²) in [7, 11) is 1.59. The predicted molar refractivity (Wildman–Crippen MR) is 157 cm³/mol. The molecule has 0 saturated carbocycles. The van der Waals surface area contributed by atoms with E-state index < -0.39 is 5.91 Å². The second kappa shape index (κ2) is 12.7. The molecule has 0 spiro atoms. The van der Waals surface area contributed by atoms with Crippen molar-refractivity contribution in [2.24, 2.45) is 11.7 Å². The number of carbonyl (C=O) groups excluding carboxylic acids is 3. The van der Waals surface area contributed by atoms with Gasteiger partial charge in [0.15, 0.2) is 11.5 Å². The zero-order chi connectivity index (χ0) is 28.8. The molecule has 11 heteroatoms. The lowest BCUT2D eigenvalue weighted by Gasteiger charge is -2.33. The van der Waals surface area contributed by atoms with Crippen molar-refractivity contribution in [3.63, 3.8) is 0 Å². The normalized spacial score (nSPS) is 17.2. The van der Waals surface area contributed by atoms with Crippen LogP contribution < -0.4 is 30.9 Å². The zero-order valence-electron chi connectivity index (χ0n) is 23.1. The minimum absolute atomic E-state index is 0.0457. The van der Waals surface area contributed by atoms with Gasteiger partial charge in [-0.05, 0) is 80.1 Å². The lowest BCUT2D eigenvalue weighted by atomic mass is 9.98. The molecule has 0 bridgehead atoms. The maximum Gasteiger partial charge on any atom is 0.271 e. The minimum atomic E-state index is -0.681. The molecule has 1 atom stereocenters. The SMILES string of the molecule is COc1ccc(C(=O)NCC2CCCN(c3cnc(C(N)=O)c(Nc4ccc(N5CCCCC5=O)cc4)n3)C2)cc1. The topological polar surface area (TPSA) is 143 Å². The maximum absolute atomic E-state index is 12.6. The highest BCUT2D eigenvalue weighted by molar-refractivity contribution is 5.97. The molecule has 0 radical (unpaired) electrons. The summed E-state index contributed by atoms with van der Waals surface area (Å²) in [5.41, 5.74) is 7.77. The molecule has 1 unspecified atom stereocenters. The monoisotopic (exact) mass is 557 g/mol. The second-order valence-electron chi connectivity index (χ2n) is 10.4. The Hall–Kier alpha value is -4.67. The number of aromatic nitrogens is 2. The molecule has 4 N–H and O–H groups in total. The molecule has 41 heavy (non-hydrogen) atoms. The summed E-state index contributed by atoms with van der Waals surface area (Å²) < 4.78 is 5.16. The number of amides is 3. The summed E-state index contributed by atoms with van der Waals surface area (Å²) in [6.45, 7) is 2.72. The number of hydrogen-bond acceptors (Lipinski definition) is 8. The van der Waals surface area contributed by atoms with E-state index >= 15 is 0 Å². The Bertz CT molecular complexity index is 1390. The summed E-state index contributed by atoms with van der Waals surface area (Å²) in [5, 5.41) is 6.22. The summed E-state index contributed by atoms with van der Waals surface area (Å²) >= 11 is 0. The van der Waals surface area contributed by atoms with Crippen molar-refractivity contribution in [3.05, 3.63) is 66.0 Å². The van der Waals surface area contributed by atoms with Gasteiger partial charge in [-0.1, -0.05) is 0 Å². The third kappa shape index (κ3) is 6.74. The summed E-state index contributed by atoms with van der Waals surface area (Å²) in [5.74, 6) is 1.15. The first-order valence-corrected chi connectivity index (χ1v) is 13.9. The van der Waals surface area contributed by atoms with Gasteiger partial charge in [0, 0.05) is 49.5 Å². The number of piperidine rings is 2. The van der Waals surface area contributed by atoms with Crippen LogP contribution in [0.4, 0.5) is 23.0 Å². The molecular formula is C30H35N7O4. The Morgan fingerprint density at radius 1 is 1.05 bits per heavy atom. The van der Waals surface area contributed by atoms with E-state index in [-0.39, 0.29) is 29.2 Å². The molecule has 2 aliphatic heterocycles. The molecule has 2 aliphatic rings. The van der Waals surface area contributed by atoms with Crippen LogP contribution >= 0.6 is 0 Å². The van der Waals surface area contributed by atoms with Crippen LogP contribution in [-0.4, -0.2) is 61.0 Å². The standard InChI is InChI=1S/C30H35N7O4/c1-41-24-13-7-21(8-14-24)30(40)33-17-20-5-4-15-36(19-20)25-18-32-27(28(31)39)29(35-25)34-22-9-11-23(12-10-22)37-16-3-2-6-26(37)38/h7-14,18,20H,2-6,15-17,19H2,1H3,(H2,31,39)(H,33,40)(H,34,35). The predicted octanol–water partition coefficient (Wildman–Crippen LogP) is 3.49. The number of carbonyl (C=O) groups is 3. The number of anilines is 4. The highest BCUT2D eigenvalue weighted by Gasteiger charge is 2.24. The highest BCUT2D eigenvalue weighted by Crippen LogP contribution is 2.27. The molecule has 3 heterocycles. The summed E-state index contributed by atoms with van der Waals surface area (Å²) in [6.07, 6.45) is 5.95. The van der Waals surface area contributed by atoms with Gasteiger partial charge in [-0.2, -0.15) is 0 Å². The molecule has 3 amide bonds. The van der Waals surface area contributed by atoms with Crippen molar-refractivity contribution in [1.29, 1.82) is 0 Å². The van der Waals surface area contributed by atoms with Gasteiger partial charge in [-0.25, -0.2) is 9.97 Å². The fraction of sp³-hybridized carbons (Fsp3) is 0.367. The fourth-order valence-electron chi connectivity index (χ4n) is 5.26. The first kappa shape index (κ1) is 27.9. The second-order valence-corrected chi connectivity index (χ2v) is 10.4. The Morgan fingerprint density at radius 3 is 2.54 bits per heavy atom. The third-order valence-electron chi connectivity index (χ3n) is 7.50. The van der Waals surface area contributed by atoms with Gasteiger partial charge in [0.25, 0.3) is 11.8 Å². The number of hydrogen-bond donors (Lipinski definition) is 3. The molecule has 1 aromatic heterocycles. The quantitative estimate of drug-likeness (QED) is 0.363. The van der Waals surface area contributed by atoms with Crippen molar-refractivity contribution in [2.45, 2.75) is 32.1 Å². The van der Waals surface area contributed by atoms with E-state index in [0.29, 0.717) is 48.9 Å². The number of ether oxygens (including phenoxy) is 1. The van der Waals surface area contributed by atoms with Gasteiger partial charge in [-0.15, -0.1) is 0 Å². The van der Waals surface area contributed by atoms with Crippen LogP contribution in [0.15, 0.2) is 54.7 Å². The number of benzene rings is 2. The number of methoxy groups -OCH3 is 1. The number of nitrogens with zero attached hydrogens (tertiary/aromatic N) is 4. The number of rotatable bonds is 9. The number of nitrogens with one attached hydrogen (secondary N) is 2. The maximum atomic E-state index is 12.6. The van der Waals surface area contributed by atoms with Gasteiger partial charge in [0.05, 0.1) is 13.3 Å². The summed E-state index contributed by atoms with van der Waals surface area (Å²) in [4.78, 5) is 50.0. The molecule has 214 valence electrons. The smallest absolute Gasteiger partial charge is 0.271 e. The fourth-order valence-corrected chi connectivity index (χ4v) is 5.26.